The lowest BCUT2D eigenvalue weighted by molar-refractivity contribution is -0.135. The number of piperazine rings is 1. The third-order valence-electron chi connectivity index (χ3n) is 7.01. The van der Waals surface area contributed by atoms with E-state index < -0.39 is 18.8 Å². The summed E-state index contributed by atoms with van der Waals surface area (Å²) in [5.74, 6) is 0.414. The molecule has 15 heteroatoms. The minimum atomic E-state index is -1.20. The predicted octanol–water partition coefficient (Wildman–Crippen LogP) is 1.75. The molecule has 2 atom stereocenters. The van der Waals surface area contributed by atoms with Gasteiger partial charge >= 0.3 is 0 Å². The highest BCUT2D eigenvalue weighted by molar-refractivity contribution is 6.36. The Hall–Kier alpha value is -4.24. The number of aromatic nitrogens is 4. The molecule has 2 unspecified atom stereocenters. The number of aliphatic hydroxyl groups excluding tert-OH is 1. The molecule has 3 aromatic rings. The number of amides is 1. The maximum Gasteiger partial charge on any atom is 0.247 e. The number of nitrogens with zero attached hydrogens (tertiary/aromatic N) is 9. The number of likely N-dealkylation sites (N-methyl/N-ethyl adjacent to an activating group) is 1. The van der Waals surface area contributed by atoms with Gasteiger partial charge in [-0.25, -0.2) is 9.37 Å². The smallest absolute Gasteiger partial charge is 0.247 e. The van der Waals surface area contributed by atoms with Gasteiger partial charge in [0.2, 0.25) is 11.9 Å². The van der Waals surface area contributed by atoms with Crippen LogP contribution in [0.3, 0.4) is 0 Å². The van der Waals surface area contributed by atoms with Crippen LogP contribution in [0.4, 0.5) is 27.5 Å². The number of rotatable bonds is 9. The van der Waals surface area contributed by atoms with Crippen molar-refractivity contribution in [3.63, 3.8) is 0 Å². The topological polar surface area (TPSA) is 162 Å². The molecule has 1 saturated carbocycles. The first-order valence-electron chi connectivity index (χ1n) is 13.1. The molecule has 2 aromatic heterocycles. The molecule has 1 aliphatic carbocycles. The average Bonchev–Trinajstić information content (AvgIpc) is 3.69. The highest BCUT2D eigenvalue weighted by Gasteiger charge is 2.35. The number of hydrogen-bond acceptors (Lipinski definition) is 11. The van der Waals surface area contributed by atoms with E-state index in [0.717, 1.165) is 12.8 Å². The number of halogens is 2. The van der Waals surface area contributed by atoms with Crippen LogP contribution in [0.15, 0.2) is 18.3 Å². The minimum absolute atomic E-state index is 0.0172. The fraction of sp³-hybridized carbons (Fsp3) is 0.462. The Labute approximate surface area is 240 Å². The van der Waals surface area contributed by atoms with Crippen molar-refractivity contribution in [2.24, 2.45) is 0 Å². The molecule has 1 saturated heterocycles. The second kappa shape index (κ2) is 11.7. The molecule has 1 aromatic carbocycles. The molecule has 5 rings (SSSR count). The number of β-amino-alcohol motifs (C(OH)–C–C–N with tert-alkyl or cyclic N) is 1. The summed E-state index contributed by atoms with van der Waals surface area (Å²) < 4.78 is 14.5. The van der Waals surface area contributed by atoms with Crippen molar-refractivity contribution in [1.82, 2.24) is 29.4 Å². The number of aliphatic hydroxyl groups is 1. The first kappa shape index (κ1) is 28.3. The molecule has 41 heavy (non-hydrogen) atoms. The number of fused-ring (bicyclic) bond motifs is 1. The average molecular weight is 582 g/mol. The standard InChI is InChI=1S/C26H29ClFN11O2/c1-36(2)25(41)21-14-38(6-5-37(21)13-18(40)9-28)20-8-15(10-29)7-19(22(20)27)33-26-34-23(32-16-3-4-16)24-31-12-17(11-30)39(24)35-26/h7-8,12,16,18,21,40H,3-6,9,13-14H2,1-2H3,(H2,32,33,34,35). The van der Waals surface area contributed by atoms with Crippen molar-refractivity contribution >= 4 is 46.3 Å². The van der Waals surface area contributed by atoms with Gasteiger partial charge in [0.25, 0.3) is 0 Å². The Morgan fingerprint density at radius 1 is 1.29 bits per heavy atom. The normalized spacial score (nSPS) is 18.0. The highest BCUT2D eigenvalue weighted by atomic mass is 35.5. The number of nitrogens with one attached hydrogen (secondary N) is 2. The fourth-order valence-corrected chi connectivity index (χ4v) is 5.03. The van der Waals surface area contributed by atoms with Crippen LogP contribution in [0.25, 0.3) is 5.65 Å². The molecule has 13 nitrogen and oxygen atoms in total. The van der Waals surface area contributed by atoms with Gasteiger partial charge in [0, 0.05) is 46.3 Å². The van der Waals surface area contributed by atoms with Crippen molar-refractivity contribution in [2.45, 2.75) is 31.0 Å². The van der Waals surface area contributed by atoms with Gasteiger partial charge in [-0.2, -0.15) is 20.0 Å². The zero-order valence-corrected chi connectivity index (χ0v) is 23.3. The van der Waals surface area contributed by atoms with Crippen LogP contribution in [-0.4, -0.2) is 106 Å². The highest BCUT2D eigenvalue weighted by Crippen LogP contribution is 2.37. The molecular formula is C26H29ClFN11O2. The molecule has 214 valence electrons. The van der Waals surface area contributed by atoms with Gasteiger partial charge in [-0.15, -0.1) is 5.10 Å². The van der Waals surface area contributed by atoms with E-state index in [-0.39, 0.29) is 41.7 Å². The van der Waals surface area contributed by atoms with E-state index in [9.17, 15) is 24.8 Å². The van der Waals surface area contributed by atoms with Crippen molar-refractivity contribution < 1.29 is 14.3 Å². The van der Waals surface area contributed by atoms with E-state index in [2.05, 4.69) is 37.8 Å². The summed E-state index contributed by atoms with van der Waals surface area (Å²) in [4.78, 5) is 27.0. The second-order valence-electron chi connectivity index (χ2n) is 10.3. The molecule has 2 fully saturated rings. The van der Waals surface area contributed by atoms with E-state index in [1.54, 1.807) is 31.1 Å². The van der Waals surface area contributed by atoms with Gasteiger partial charge in [0.15, 0.2) is 17.2 Å². The van der Waals surface area contributed by atoms with Crippen LogP contribution in [-0.2, 0) is 4.79 Å². The molecule has 3 N–H and O–H groups in total. The van der Waals surface area contributed by atoms with E-state index in [4.69, 9.17) is 11.6 Å². The molecule has 1 amide bonds. The summed E-state index contributed by atoms with van der Waals surface area (Å²) in [5.41, 5.74) is 1.85. The van der Waals surface area contributed by atoms with Crippen molar-refractivity contribution in [3.05, 3.63) is 34.6 Å². The zero-order valence-electron chi connectivity index (χ0n) is 22.6. The first-order chi connectivity index (χ1) is 19.7. The Bertz CT molecular complexity index is 1540. The minimum Gasteiger partial charge on any atom is -0.389 e. The van der Waals surface area contributed by atoms with E-state index >= 15 is 0 Å². The van der Waals surface area contributed by atoms with Crippen LogP contribution in [0.5, 0.6) is 0 Å². The van der Waals surface area contributed by atoms with Crippen molar-refractivity contribution in [1.29, 1.82) is 10.5 Å². The summed E-state index contributed by atoms with van der Waals surface area (Å²) >= 11 is 6.89. The molecule has 0 radical (unpaired) electrons. The van der Waals surface area contributed by atoms with E-state index in [0.29, 0.717) is 41.5 Å². The number of imidazole rings is 1. The quantitative estimate of drug-likeness (QED) is 0.337. The summed E-state index contributed by atoms with van der Waals surface area (Å²) in [6, 6.07) is 7.03. The molecular weight excluding hydrogens is 553 g/mol. The number of hydrogen-bond donors (Lipinski definition) is 3. The first-order valence-corrected chi connectivity index (χ1v) is 13.5. The van der Waals surface area contributed by atoms with Gasteiger partial charge in [-0.1, -0.05) is 11.6 Å². The Morgan fingerprint density at radius 2 is 2.07 bits per heavy atom. The summed E-state index contributed by atoms with van der Waals surface area (Å²) in [6.07, 6.45) is 2.22. The maximum absolute atomic E-state index is 13.1. The van der Waals surface area contributed by atoms with Gasteiger partial charge in [-0.05, 0) is 25.0 Å². The summed E-state index contributed by atoms with van der Waals surface area (Å²) in [6.45, 7) is 0.105. The number of nitriles is 2. The molecule has 2 aliphatic rings. The Kier molecular flexibility index (Phi) is 8.08. The Morgan fingerprint density at radius 3 is 2.73 bits per heavy atom. The predicted molar refractivity (Wildman–Crippen MR) is 150 cm³/mol. The van der Waals surface area contributed by atoms with Crippen LogP contribution in [0.1, 0.15) is 24.1 Å². The number of carbonyl (C=O) groups excluding carboxylic acids is 1. The molecule has 3 heterocycles. The summed E-state index contributed by atoms with van der Waals surface area (Å²) in [5, 5.41) is 40.4. The Balaban J connectivity index is 1.48. The third-order valence-corrected chi connectivity index (χ3v) is 7.40. The third kappa shape index (κ3) is 5.95. The summed E-state index contributed by atoms with van der Waals surface area (Å²) in [7, 11) is 3.27. The van der Waals surface area contributed by atoms with Crippen molar-refractivity contribution in [2.75, 3.05) is 62.5 Å². The maximum atomic E-state index is 13.1. The zero-order chi connectivity index (χ0) is 29.3. The van der Waals surface area contributed by atoms with Crippen LogP contribution < -0.4 is 15.5 Å². The lowest BCUT2D eigenvalue weighted by atomic mass is 10.1. The lowest BCUT2D eigenvalue weighted by Gasteiger charge is -2.43. The molecule has 1 aliphatic heterocycles. The number of carbonyl (C=O) groups is 1. The fourth-order valence-electron chi connectivity index (χ4n) is 4.75. The van der Waals surface area contributed by atoms with Gasteiger partial charge < -0.3 is 25.5 Å². The largest absolute Gasteiger partial charge is 0.389 e. The van der Waals surface area contributed by atoms with E-state index in [1.165, 1.54) is 15.6 Å². The van der Waals surface area contributed by atoms with Crippen LogP contribution >= 0.6 is 11.6 Å². The van der Waals surface area contributed by atoms with Gasteiger partial charge in [0.05, 0.1) is 40.3 Å². The molecule has 0 bridgehead atoms. The SMILES string of the molecule is CN(C)C(=O)C1CN(c2cc(C#N)cc(Nc3nc(NC4CC4)c4ncc(C#N)n4n3)c2Cl)CCN1CC(O)CF. The van der Waals surface area contributed by atoms with E-state index in [1.807, 2.05) is 4.90 Å². The number of benzene rings is 1. The monoisotopic (exact) mass is 581 g/mol. The van der Waals surface area contributed by atoms with Gasteiger partial charge in [0.1, 0.15) is 18.8 Å². The number of alkyl halides is 1. The van der Waals surface area contributed by atoms with Crippen molar-refractivity contribution in [3.8, 4) is 12.1 Å². The van der Waals surface area contributed by atoms with Crippen LogP contribution in [0, 0.1) is 22.7 Å². The van der Waals surface area contributed by atoms with Crippen LogP contribution in [0.2, 0.25) is 5.02 Å². The lowest BCUT2D eigenvalue weighted by Crippen LogP contribution is -2.60. The molecule has 0 spiro atoms. The second-order valence-corrected chi connectivity index (χ2v) is 10.7. The van der Waals surface area contributed by atoms with Gasteiger partial charge in [-0.3, -0.25) is 9.69 Å². The number of anilines is 4.